The van der Waals surface area contributed by atoms with Crippen molar-refractivity contribution >= 4 is 49.2 Å². The minimum Gasteiger partial charge on any atom is -0.307 e. The Balaban J connectivity index is 0.000000225. The van der Waals surface area contributed by atoms with Gasteiger partial charge in [0.25, 0.3) is 0 Å². The van der Waals surface area contributed by atoms with Gasteiger partial charge in [-0.1, -0.05) is 153 Å². The van der Waals surface area contributed by atoms with Gasteiger partial charge in [-0.2, -0.15) is 0 Å². The third-order valence-corrected chi connectivity index (χ3v) is 9.32. The van der Waals surface area contributed by atoms with Gasteiger partial charge < -0.3 is 4.57 Å². The first-order valence-electron chi connectivity index (χ1n) is 18.1. The fourth-order valence-electron chi connectivity index (χ4n) is 6.58. The van der Waals surface area contributed by atoms with Crippen molar-refractivity contribution in [3.63, 3.8) is 0 Å². The Hall–Kier alpha value is -6.19. The molecule has 0 unspecified atom stereocenters. The van der Waals surface area contributed by atoms with Crippen LogP contribution in [0.15, 0.2) is 171 Å². The first kappa shape index (κ1) is 35.6. The Kier molecular flexibility index (Phi) is 11.1. The van der Waals surface area contributed by atoms with E-state index in [0.29, 0.717) is 0 Å². The summed E-state index contributed by atoms with van der Waals surface area (Å²) in [6.45, 7) is 16.5. The fourth-order valence-corrected chi connectivity index (χ4v) is 6.58. The molecule has 3 nitrogen and oxygen atoms in total. The van der Waals surface area contributed by atoms with E-state index < -0.39 is 0 Å². The zero-order valence-corrected chi connectivity index (χ0v) is 31.1. The van der Waals surface area contributed by atoms with Crippen LogP contribution >= 0.6 is 0 Å². The quantitative estimate of drug-likeness (QED) is 0.182. The van der Waals surface area contributed by atoms with Crippen LogP contribution in [0.3, 0.4) is 0 Å². The van der Waals surface area contributed by atoms with Gasteiger partial charge in [-0.3, -0.25) is 4.57 Å². The molecule has 0 aliphatic heterocycles. The van der Waals surface area contributed by atoms with E-state index in [1.807, 2.05) is 51.2 Å². The maximum absolute atomic E-state index is 4.77. The van der Waals surface area contributed by atoms with Crippen LogP contribution in [0.1, 0.15) is 43.0 Å². The molecule has 52 heavy (non-hydrogen) atoms. The zero-order chi connectivity index (χ0) is 36.6. The third-order valence-electron chi connectivity index (χ3n) is 9.32. The van der Waals surface area contributed by atoms with Crippen LogP contribution in [-0.2, 0) is 0 Å². The smallest absolute Gasteiger partial charge is 0.137 e. The Labute approximate surface area is 308 Å². The van der Waals surface area contributed by atoms with E-state index in [1.54, 1.807) is 0 Å². The lowest BCUT2D eigenvalue weighted by molar-refractivity contribution is 1.08. The van der Waals surface area contributed by atoms with Crippen molar-refractivity contribution in [2.24, 2.45) is 0 Å². The molecule has 3 aromatic heterocycles. The second-order valence-electron chi connectivity index (χ2n) is 12.8. The highest BCUT2D eigenvalue weighted by Gasteiger charge is 2.23. The van der Waals surface area contributed by atoms with E-state index in [2.05, 4.69) is 170 Å². The summed E-state index contributed by atoms with van der Waals surface area (Å²) in [6.07, 6.45) is 1.86. The average molecular weight is 678 g/mol. The fraction of sp³-hybridized carbons (Fsp3) is 0.122. The van der Waals surface area contributed by atoms with Crippen LogP contribution in [0.5, 0.6) is 0 Å². The summed E-state index contributed by atoms with van der Waals surface area (Å²) in [5.41, 5.74) is 12.1. The van der Waals surface area contributed by atoms with Gasteiger partial charge in [0.2, 0.25) is 0 Å². The van der Waals surface area contributed by atoms with Crippen molar-refractivity contribution in [3.05, 3.63) is 193 Å². The van der Waals surface area contributed by atoms with E-state index in [1.165, 1.54) is 54.8 Å². The SMILES string of the molecule is C=C(C)c1ccc(-n2c3ccc4ccccc4c3c3c2c2ccccc2n3-c2ccccn2)cc1.CC.Cc1ccccc1.Cc1ccccc1C. The number of rotatable bonds is 3. The first-order valence-corrected chi connectivity index (χ1v) is 18.1. The highest BCUT2D eigenvalue weighted by Crippen LogP contribution is 2.43. The van der Waals surface area contributed by atoms with Gasteiger partial charge in [-0.25, -0.2) is 4.98 Å². The van der Waals surface area contributed by atoms with E-state index in [9.17, 15) is 0 Å². The van der Waals surface area contributed by atoms with Gasteiger partial charge in [0.05, 0.1) is 22.1 Å². The number of hydrogen-bond acceptors (Lipinski definition) is 1. The molecule has 0 spiro atoms. The highest BCUT2D eigenvalue weighted by atomic mass is 15.1. The van der Waals surface area contributed by atoms with Gasteiger partial charge in [0, 0.05) is 22.7 Å². The molecule has 0 amide bonds. The summed E-state index contributed by atoms with van der Waals surface area (Å²) >= 11 is 0. The molecule has 3 heterocycles. The number of fused-ring (bicyclic) bond motifs is 7. The Bertz CT molecular complexity index is 2550. The summed E-state index contributed by atoms with van der Waals surface area (Å²) in [7, 11) is 0. The minimum absolute atomic E-state index is 0.920. The third kappa shape index (κ3) is 7.17. The van der Waals surface area contributed by atoms with Gasteiger partial charge >= 0.3 is 0 Å². The summed E-state index contributed by atoms with van der Waals surface area (Å²) in [4.78, 5) is 4.77. The van der Waals surface area contributed by atoms with Crippen LogP contribution in [0, 0.1) is 20.8 Å². The number of allylic oxidation sites excluding steroid dienone is 1. The molecule has 0 saturated carbocycles. The Morgan fingerprint density at radius 1 is 0.519 bits per heavy atom. The monoisotopic (exact) mass is 677 g/mol. The van der Waals surface area contributed by atoms with Gasteiger partial charge in [-0.05, 0) is 91.6 Å². The molecule has 0 aliphatic rings. The van der Waals surface area contributed by atoms with Gasteiger partial charge in [-0.15, -0.1) is 0 Å². The molecular formula is C49H47N3. The Morgan fingerprint density at radius 2 is 1.12 bits per heavy atom. The van der Waals surface area contributed by atoms with Crippen LogP contribution in [-0.4, -0.2) is 14.1 Å². The molecule has 0 N–H and O–H groups in total. The second-order valence-corrected chi connectivity index (χ2v) is 12.8. The normalized spacial score (nSPS) is 10.6. The van der Waals surface area contributed by atoms with Crippen LogP contribution in [0.4, 0.5) is 0 Å². The lowest BCUT2D eigenvalue weighted by atomic mass is 10.1. The predicted molar refractivity (Wildman–Crippen MR) is 226 cm³/mol. The molecule has 0 atom stereocenters. The molecule has 9 aromatic rings. The van der Waals surface area contributed by atoms with Crippen molar-refractivity contribution in [3.8, 4) is 11.5 Å². The number of nitrogens with zero attached hydrogens (tertiary/aromatic N) is 3. The van der Waals surface area contributed by atoms with Crippen LogP contribution in [0.2, 0.25) is 0 Å². The lowest BCUT2D eigenvalue weighted by Gasteiger charge is -2.10. The molecule has 0 bridgehead atoms. The first-order chi connectivity index (χ1) is 25.4. The molecule has 0 radical (unpaired) electrons. The molecule has 0 aliphatic carbocycles. The highest BCUT2D eigenvalue weighted by molar-refractivity contribution is 6.26. The molecule has 6 aromatic carbocycles. The van der Waals surface area contributed by atoms with E-state index in [-0.39, 0.29) is 0 Å². The number of hydrogen-bond donors (Lipinski definition) is 0. The largest absolute Gasteiger partial charge is 0.307 e. The second kappa shape index (κ2) is 16.2. The molecule has 0 saturated heterocycles. The van der Waals surface area contributed by atoms with E-state index in [0.717, 1.165) is 28.2 Å². The zero-order valence-electron chi connectivity index (χ0n) is 31.1. The number of aryl methyl sites for hydroxylation is 3. The summed E-state index contributed by atoms with van der Waals surface area (Å²) < 4.78 is 4.72. The van der Waals surface area contributed by atoms with E-state index >= 15 is 0 Å². The molecule has 3 heteroatoms. The average Bonchev–Trinajstić information content (AvgIpc) is 3.71. The minimum atomic E-state index is 0.920. The van der Waals surface area contributed by atoms with Crippen molar-refractivity contribution in [2.75, 3.05) is 0 Å². The molecular weight excluding hydrogens is 631 g/mol. The maximum atomic E-state index is 4.77. The van der Waals surface area contributed by atoms with E-state index in [4.69, 9.17) is 4.98 Å². The van der Waals surface area contributed by atoms with Crippen molar-refractivity contribution in [1.29, 1.82) is 0 Å². The summed E-state index contributed by atoms with van der Waals surface area (Å²) in [5, 5.41) is 4.92. The number of aromatic nitrogens is 3. The standard InChI is InChI=1S/C32H23N3.C8H10.C7H8.C2H6/c1-21(2)22-14-17-24(18-15-22)34-28-19-16-23-9-3-4-10-25(23)30(28)32-31(34)26-11-5-6-12-27(26)35(32)29-13-7-8-20-33-29;1-7-5-3-4-6-8(7)2;1-7-5-3-2-4-6-7;1-2/h3-20H,1H2,2H3;3-6H,1-2H3;2-6H,1H3;1-2H3. The van der Waals surface area contributed by atoms with Crippen LogP contribution in [0.25, 0.3) is 60.7 Å². The van der Waals surface area contributed by atoms with Crippen LogP contribution < -0.4 is 0 Å². The van der Waals surface area contributed by atoms with Gasteiger partial charge in [0.1, 0.15) is 5.82 Å². The van der Waals surface area contributed by atoms with Crippen molar-refractivity contribution in [2.45, 2.75) is 41.5 Å². The topological polar surface area (TPSA) is 22.8 Å². The molecule has 0 fully saturated rings. The lowest BCUT2D eigenvalue weighted by Crippen LogP contribution is -1.96. The molecule has 258 valence electrons. The van der Waals surface area contributed by atoms with Gasteiger partial charge in [0.15, 0.2) is 0 Å². The number of pyridine rings is 1. The van der Waals surface area contributed by atoms with Crippen molar-refractivity contribution < 1.29 is 0 Å². The Morgan fingerprint density at radius 3 is 1.71 bits per heavy atom. The number of para-hydroxylation sites is 1. The van der Waals surface area contributed by atoms with Crippen molar-refractivity contribution in [1.82, 2.24) is 14.1 Å². The summed E-state index contributed by atoms with van der Waals surface area (Å²) in [6, 6.07) is 55.2. The summed E-state index contributed by atoms with van der Waals surface area (Å²) in [5.74, 6) is 0.920. The molecule has 9 rings (SSSR count). The predicted octanol–water partition coefficient (Wildman–Crippen LogP) is 13.6. The maximum Gasteiger partial charge on any atom is 0.137 e. The number of benzene rings is 6.